The van der Waals surface area contributed by atoms with Crippen LogP contribution in [0.1, 0.15) is 81.1 Å². The topological polar surface area (TPSA) is 82.2 Å². The molecule has 4 fully saturated rings. The standard InChI is InChI=1S/C29H40N4O4/c1-29(2)11-13-31(14-12-29)20-17-32(18-20)23-5-3-4-6-25(23)37-21-7-8-22-19(15-21)16-33(28(22)36)24-9-10-26(34)30-27(24)35/h7-8,15,20,23-25H,3-6,9-14,16-18H2,1-2H3,(H,30,34,35)/t23-,24?,25+/m1/s1. The predicted molar refractivity (Wildman–Crippen MR) is 139 cm³/mol. The van der Waals surface area contributed by atoms with E-state index >= 15 is 0 Å². The molecule has 4 heterocycles. The van der Waals surface area contributed by atoms with Gasteiger partial charge >= 0.3 is 0 Å². The average molecular weight is 509 g/mol. The van der Waals surface area contributed by atoms with Gasteiger partial charge in [-0.2, -0.15) is 0 Å². The van der Waals surface area contributed by atoms with Crippen LogP contribution in [0.4, 0.5) is 0 Å². The molecule has 3 amide bonds. The van der Waals surface area contributed by atoms with Gasteiger partial charge in [0, 0.05) is 43.7 Å². The second kappa shape index (κ2) is 9.70. The molecule has 1 aromatic carbocycles. The molecule has 37 heavy (non-hydrogen) atoms. The number of likely N-dealkylation sites (tertiary alicyclic amines) is 2. The van der Waals surface area contributed by atoms with Crippen molar-refractivity contribution >= 4 is 17.7 Å². The lowest BCUT2D eigenvalue weighted by Gasteiger charge is -2.53. The van der Waals surface area contributed by atoms with E-state index in [1.807, 2.05) is 18.2 Å². The Morgan fingerprint density at radius 2 is 1.73 bits per heavy atom. The Kier molecular flexibility index (Phi) is 6.51. The SMILES string of the molecule is CC1(C)CCN(C2CN([C@@H]3CCCC[C@@H]3Oc3ccc4c(c3)CN(C3CCC(=O)NC3=O)C4=O)C2)CC1. The van der Waals surface area contributed by atoms with Crippen molar-refractivity contribution in [1.82, 2.24) is 20.0 Å². The smallest absolute Gasteiger partial charge is 0.255 e. The summed E-state index contributed by atoms with van der Waals surface area (Å²) >= 11 is 0. The second-order valence-electron chi connectivity index (χ2n) is 12.5. The minimum atomic E-state index is -0.588. The van der Waals surface area contributed by atoms with E-state index in [1.165, 1.54) is 45.2 Å². The minimum absolute atomic E-state index is 0.140. The molecular formula is C29H40N4O4. The molecule has 6 rings (SSSR count). The monoisotopic (exact) mass is 508 g/mol. The van der Waals surface area contributed by atoms with Gasteiger partial charge in [0.15, 0.2) is 0 Å². The van der Waals surface area contributed by atoms with Gasteiger partial charge in [0.1, 0.15) is 17.9 Å². The van der Waals surface area contributed by atoms with E-state index in [0.29, 0.717) is 36.0 Å². The van der Waals surface area contributed by atoms with Crippen LogP contribution in [0.25, 0.3) is 0 Å². The lowest BCUT2D eigenvalue weighted by atomic mass is 9.81. The van der Waals surface area contributed by atoms with Crippen LogP contribution in [0.15, 0.2) is 18.2 Å². The summed E-state index contributed by atoms with van der Waals surface area (Å²) in [4.78, 5) is 43.8. The van der Waals surface area contributed by atoms with Crippen molar-refractivity contribution in [3.05, 3.63) is 29.3 Å². The number of hydrogen-bond acceptors (Lipinski definition) is 6. The summed E-state index contributed by atoms with van der Waals surface area (Å²) in [6.07, 6.45) is 8.07. The summed E-state index contributed by atoms with van der Waals surface area (Å²) in [6, 6.07) is 6.28. The highest BCUT2D eigenvalue weighted by atomic mass is 16.5. The zero-order chi connectivity index (χ0) is 25.7. The van der Waals surface area contributed by atoms with Crippen LogP contribution < -0.4 is 10.1 Å². The van der Waals surface area contributed by atoms with Gasteiger partial charge in [0.2, 0.25) is 11.8 Å². The quantitative estimate of drug-likeness (QED) is 0.616. The van der Waals surface area contributed by atoms with Crippen molar-refractivity contribution in [1.29, 1.82) is 0 Å². The fraction of sp³-hybridized carbons (Fsp3) is 0.690. The third kappa shape index (κ3) is 4.90. The molecule has 3 atom stereocenters. The predicted octanol–water partition coefficient (Wildman–Crippen LogP) is 2.94. The number of carbonyl (C=O) groups is 3. The third-order valence-electron chi connectivity index (χ3n) is 9.48. The number of amides is 3. The molecule has 0 spiro atoms. The lowest BCUT2D eigenvalue weighted by Crippen LogP contribution is -2.66. The maximum Gasteiger partial charge on any atom is 0.255 e. The first kappa shape index (κ1) is 24.9. The maximum absolute atomic E-state index is 13.0. The molecule has 1 saturated carbocycles. The molecule has 0 bridgehead atoms. The number of imide groups is 1. The fourth-order valence-electron chi connectivity index (χ4n) is 6.92. The zero-order valence-electron chi connectivity index (χ0n) is 22.2. The van der Waals surface area contributed by atoms with Crippen molar-refractivity contribution in [2.45, 2.75) is 96.0 Å². The molecule has 3 saturated heterocycles. The summed E-state index contributed by atoms with van der Waals surface area (Å²) in [6.45, 7) is 9.90. The van der Waals surface area contributed by atoms with Crippen LogP contribution in [-0.4, -0.2) is 82.8 Å². The first-order valence-corrected chi connectivity index (χ1v) is 14.2. The van der Waals surface area contributed by atoms with Crippen molar-refractivity contribution in [2.75, 3.05) is 26.2 Å². The van der Waals surface area contributed by atoms with Crippen LogP contribution in [0.5, 0.6) is 5.75 Å². The Balaban J connectivity index is 1.08. The van der Waals surface area contributed by atoms with E-state index in [1.54, 1.807) is 4.90 Å². The van der Waals surface area contributed by atoms with Crippen LogP contribution in [-0.2, 0) is 16.1 Å². The Hall–Kier alpha value is -2.45. The summed E-state index contributed by atoms with van der Waals surface area (Å²) in [5, 5.41) is 2.37. The highest BCUT2D eigenvalue weighted by Crippen LogP contribution is 2.36. The zero-order valence-corrected chi connectivity index (χ0v) is 22.2. The van der Waals surface area contributed by atoms with Gasteiger partial charge in [-0.1, -0.05) is 20.3 Å². The molecule has 0 aromatic heterocycles. The average Bonchev–Trinajstić information content (AvgIpc) is 3.15. The minimum Gasteiger partial charge on any atom is -0.489 e. The molecule has 8 heteroatoms. The van der Waals surface area contributed by atoms with E-state index in [9.17, 15) is 14.4 Å². The van der Waals surface area contributed by atoms with Gasteiger partial charge in [0.05, 0.1) is 0 Å². The number of piperidine rings is 2. The Bertz CT molecular complexity index is 1070. The molecular weight excluding hydrogens is 468 g/mol. The summed E-state index contributed by atoms with van der Waals surface area (Å²) < 4.78 is 6.60. The van der Waals surface area contributed by atoms with Crippen molar-refractivity contribution < 1.29 is 19.1 Å². The number of hydrogen-bond donors (Lipinski definition) is 1. The Labute approximate surface area is 219 Å². The third-order valence-corrected chi connectivity index (χ3v) is 9.48. The van der Waals surface area contributed by atoms with Gasteiger partial charge < -0.3 is 9.64 Å². The maximum atomic E-state index is 13.0. The van der Waals surface area contributed by atoms with Gasteiger partial charge in [0.25, 0.3) is 5.91 Å². The Morgan fingerprint density at radius 3 is 2.49 bits per heavy atom. The number of nitrogens with one attached hydrogen (secondary N) is 1. The number of fused-ring (bicyclic) bond motifs is 1. The Morgan fingerprint density at radius 1 is 0.973 bits per heavy atom. The van der Waals surface area contributed by atoms with E-state index in [2.05, 4.69) is 29.0 Å². The van der Waals surface area contributed by atoms with E-state index in [4.69, 9.17) is 4.74 Å². The fourth-order valence-corrected chi connectivity index (χ4v) is 6.92. The van der Waals surface area contributed by atoms with Gasteiger partial charge in [-0.05, 0) is 80.8 Å². The molecule has 1 aliphatic carbocycles. The van der Waals surface area contributed by atoms with E-state index < -0.39 is 6.04 Å². The molecule has 200 valence electrons. The van der Waals surface area contributed by atoms with E-state index in [-0.39, 0.29) is 30.2 Å². The number of ether oxygens (including phenoxy) is 1. The van der Waals surface area contributed by atoms with Crippen molar-refractivity contribution in [2.24, 2.45) is 5.41 Å². The normalized spacial score (nSPS) is 31.1. The van der Waals surface area contributed by atoms with Crippen molar-refractivity contribution in [3.63, 3.8) is 0 Å². The van der Waals surface area contributed by atoms with Crippen LogP contribution in [0.2, 0.25) is 0 Å². The first-order chi connectivity index (χ1) is 17.8. The lowest BCUT2D eigenvalue weighted by molar-refractivity contribution is -0.136. The van der Waals surface area contributed by atoms with Crippen LogP contribution in [0.3, 0.4) is 0 Å². The van der Waals surface area contributed by atoms with Crippen LogP contribution >= 0.6 is 0 Å². The van der Waals surface area contributed by atoms with Gasteiger partial charge in [-0.25, -0.2) is 0 Å². The molecule has 1 aromatic rings. The number of rotatable bonds is 5. The van der Waals surface area contributed by atoms with Crippen LogP contribution in [0, 0.1) is 5.41 Å². The molecule has 4 aliphatic heterocycles. The van der Waals surface area contributed by atoms with Gasteiger partial charge in [-0.15, -0.1) is 0 Å². The highest BCUT2D eigenvalue weighted by Gasteiger charge is 2.43. The van der Waals surface area contributed by atoms with Crippen molar-refractivity contribution in [3.8, 4) is 5.75 Å². The molecule has 1 N–H and O–H groups in total. The first-order valence-electron chi connectivity index (χ1n) is 14.2. The highest BCUT2D eigenvalue weighted by molar-refractivity contribution is 6.05. The molecule has 0 radical (unpaired) electrons. The second-order valence-corrected chi connectivity index (χ2v) is 12.5. The van der Waals surface area contributed by atoms with Gasteiger partial charge in [-0.3, -0.25) is 29.5 Å². The summed E-state index contributed by atoms with van der Waals surface area (Å²) in [5.41, 5.74) is 2.02. The molecule has 5 aliphatic rings. The molecule has 1 unspecified atom stereocenters. The van der Waals surface area contributed by atoms with E-state index in [0.717, 1.165) is 30.8 Å². The number of nitrogens with zero attached hydrogens (tertiary/aromatic N) is 3. The largest absolute Gasteiger partial charge is 0.489 e. The summed E-state index contributed by atoms with van der Waals surface area (Å²) in [7, 11) is 0. The molecule has 8 nitrogen and oxygen atoms in total. The number of benzene rings is 1. The number of carbonyl (C=O) groups excluding carboxylic acids is 3. The summed E-state index contributed by atoms with van der Waals surface area (Å²) in [5.74, 6) is 0.0276.